The predicted molar refractivity (Wildman–Crippen MR) is 113 cm³/mol. The number of alkyl halides is 3. The fourth-order valence-corrected chi connectivity index (χ4v) is 4.89. The Bertz CT molecular complexity index is 1070. The van der Waals surface area contributed by atoms with E-state index in [0.717, 1.165) is 12.8 Å². The fraction of sp³-hybridized carbons (Fsp3) is 0.652. The van der Waals surface area contributed by atoms with E-state index in [9.17, 15) is 18.0 Å². The molecule has 8 nitrogen and oxygen atoms in total. The Balaban J connectivity index is 1.41. The summed E-state index contributed by atoms with van der Waals surface area (Å²) in [5.41, 5.74) is -0.633. The smallest absolute Gasteiger partial charge is 0.420 e. The predicted octanol–water partition coefficient (Wildman–Crippen LogP) is 3.36. The summed E-state index contributed by atoms with van der Waals surface area (Å²) in [6.07, 6.45) is -1.23. The number of hydrogen-bond acceptors (Lipinski definition) is 6. The molecule has 2 aromatic rings. The molecule has 2 atom stereocenters. The standard InChI is InChI=1S/C23H28F3N3O5/c1-22(2)6-5-14(34-22)9-27-21(30)20-18(23(24,25)26)17-16(33-20)4-3-13-10-29(28-19(13)17)11-15-12-31-7-8-32-15/h10,14-15H,3-9,11-12H2,1-2H3,(H,27,30)/t14-,15+/m1/s1. The number of fused-ring (bicyclic) bond motifs is 3. The zero-order valence-electron chi connectivity index (χ0n) is 19.2. The number of carbonyl (C=O) groups is 1. The minimum absolute atomic E-state index is 0.119. The number of aryl methyl sites for hydroxylation is 2. The van der Waals surface area contributed by atoms with Crippen LogP contribution in [0.4, 0.5) is 13.2 Å². The minimum Gasteiger partial charge on any atom is -0.455 e. The van der Waals surface area contributed by atoms with Crippen LogP contribution in [0.15, 0.2) is 10.6 Å². The molecule has 1 N–H and O–H groups in total. The van der Waals surface area contributed by atoms with Crippen LogP contribution >= 0.6 is 0 Å². The van der Waals surface area contributed by atoms with Gasteiger partial charge in [0.15, 0.2) is 0 Å². The molecule has 2 fully saturated rings. The average Bonchev–Trinajstić information content (AvgIpc) is 3.46. The summed E-state index contributed by atoms with van der Waals surface area (Å²) in [7, 11) is 0. The fourth-order valence-electron chi connectivity index (χ4n) is 4.89. The van der Waals surface area contributed by atoms with Crippen LogP contribution in [-0.2, 0) is 39.8 Å². The molecule has 0 aromatic carbocycles. The van der Waals surface area contributed by atoms with Gasteiger partial charge >= 0.3 is 6.18 Å². The number of nitrogens with zero attached hydrogens (tertiary/aromatic N) is 2. The number of halogens is 3. The highest BCUT2D eigenvalue weighted by Gasteiger charge is 2.45. The molecule has 186 valence electrons. The summed E-state index contributed by atoms with van der Waals surface area (Å²) >= 11 is 0. The molecule has 2 aliphatic heterocycles. The Morgan fingerprint density at radius 2 is 2.09 bits per heavy atom. The lowest BCUT2D eigenvalue weighted by Crippen LogP contribution is -2.34. The molecule has 0 bridgehead atoms. The number of rotatable bonds is 5. The number of furan rings is 1. The number of carbonyl (C=O) groups excluding carboxylic acids is 1. The highest BCUT2D eigenvalue weighted by atomic mass is 19.4. The van der Waals surface area contributed by atoms with Crippen LogP contribution in [0.2, 0.25) is 0 Å². The van der Waals surface area contributed by atoms with Crippen molar-refractivity contribution in [2.24, 2.45) is 0 Å². The first-order valence-corrected chi connectivity index (χ1v) is 11.6. The molecule has 0 unspecified atom stereocenters. The van der Waals surface area contributed by atoms with Crippen molar-refractivity contribution < 1.29 is 36.6 Å². The number of ether oxygens (including phenoxy) is 3. The molecular formula is C23H28F3N3O5. The van der Waals surface area contributed by atoms with Crippen molar-refractivity contribution in [3.8, 4) is 11.3 Å². The van der Waals surface area contributed by atoms with Crippen molar-refractivity contribution in [3.63, 3.8) is 0 Å². The molecule has 1 amide bonds. The summed E-state index contributed by atoms with van der Waals surface area (Å²) in [4.78, 5) is 12.8. The molecule has 0 spiro atoms. The second-order valence-electron chi connectivity index (χ2n) is 9.64. The van der Waals surface area contributed by atoms with E-state index in [1.807, 2.05) is 13.8 Å². The van der Waals surface area contributed by atoms with Crippen LogP contribution in [0.3, 0.4) is 0 Å². The first-order valence-electron chi connectivity index (χ1n) is 11.6. The monoisotopic (exact) mass is 483 g/mol. The van der Waals surface area contributed by atoms with Crippen molar-refractivity contribution in [2.75, 3.05) is 26.4 Å². The number of aromatic nitrogens is 2. The van der Waals surface area contributed by atoms with Gasteiger partial charge in [-0.05, 0) is 38.7 Å². The van der Waals surface area contributed by atoms with Gasteiger partial charge in [-0.1, -0.05) is 0 Å². The second-order valence-corrected chi connectivity index (χ2v) is 9.64. The van der Waals surface area contributed by atoms with Gasteiger partial charge in [0.05, 0.1) is 49.3 Å². The van der Waals surface area contributed by atoms with Crippen LogP contribution in [-0.4, -0.2) is 59.9 Å². The summed E-state index contributed by atoms with van der Waals surface area (Å²) in [5, 5.41) is 7.00. The van der Waals surface area contributed by atoms with Crippen molar-refractivity contribution >= 4 is 5.91 Å². The lowest BCUT2D eigenvalue weighted by atomic mass is 9.93. The van der Waals surface area contributed by atoms with E-state index in [1.165, 1.54) is 0 Å². The van der Waals surface area contributed by atoms with Gasteiger partial charge in [0.25, 0.3) is 5.91 Å². The molecule has 0 saturated carbocycles. The van der Waals surface area contributed by atoms with Crippen LogP contribution in [0.1, 0.15) is 54.1 Å². The first-order chi connectivity index (χ1) is 16.1. The first kappa shape index (κ1) is 23.4. The van der Waals surface area contributed by atoms with Gasteiger partial charge in [-0.2, -0.15) is 18.3 Å². The maximum absolute atomic E-state index is 14.2. The van der Waals surface area contributed by atoms with Crippen molar-refractivity contribution in [3.05, 3.63) is 28.8 Å². The lowest BCUT2D eigenvalue weighted by molar-refractivity contribution is -0.137. The third kappa shape index (κ3) is 4.60. The normalized spacial score (nSPS) is 24.0. The van der Waals surface area contributed by atoms with E-state index < -0.39 is 23.4 Å². The van der Waals surface area contributed by atoms with Gasteiger partial charge in [-0.15, -0.1) is 0 Å². The Kier molecular flexibility index (Phi) is 5.97. The molecule has 2 aromatic heterocycles. The second kappa shape index (κ2) is 8.69. The van der Waals surface area contributed by atoms with Crippen molar-refractivity contribution in [2.45, 2.75) is 70.1 Å². The molecule has 4 heterocycles. The van der Waals surface area contributed by atoms with E-state index in [0.29, 0.717) is 38.3 Å². The zero-order valence-corrected chi connectivity index (χ0v) is 19.2. The van der Waals surface area contributed by atoms with Crippen molar-refractivity contribution in [1.29, 1.82) is 0 Å². The van der Waals surface area contributed by atoms with Gasteiger partial charge in [0.2, 0.25) is 5.76 Å². The van der Waals surface area contributed by atoms with Crippen molar-refractivity contribution in [1.82, 2.24) is 15.1 Å². The number of nitrogens with one attached hydrogen (secondary N) is 1. The number of hydrogen-bond donors (Lipinski definition) is 1. The molecular weight excluding hydrogens is 455 g/mol. The molecule has 1 aliphatic carbocycles. The maximum atomic E-state index is 14.2. The third-order valence-corrected chi connectivity index (χ3v) is 6.49. The topological polar surface area (TPSA) is 87.8 Å². The number of amides is 1. The molecule has 3 aliphatic rings. The van der Waals surface area contributed by atoms with E-state index >= 15 is 0 Å². The average molecular weight is 483 g/mol. The van der Waals surface area contributed by atoms with Gasteiger partial charge in [-0.25, -0.2) is 0 Å². The Hall–Kier alpha value is -2.37. The largest absolute Gasteiger partial charge is 0.455 e. The van der Waals surface area contributed by atoms with Crippen LogP contribution in [0, 0.1) is 0 Å². The molecule has 5 rings (SSSR count). The van der Waals surface area contributed by atoms with Gasteiger partial charge in [-0.3, -0.25) is 9.48 Å². The quantitative estimate of drug-likeness (QED) is 0.702. The summed E-state index contributed by atoms with van der Waals surface area (Å²) in [6, 6.07) is 0. The highest BCUT2D eigenvalue weighted by Crippen LogP contribution is 2.46. The zero-order chi connectivity index (χ0) is 24.1. The van der Waals surface area contributed by atoms with Crippen LogP contribution < -0.4 is 5.32 Å². The van der Waals surface area contributed by atoms with E-state index in [-0.39, 0.29) is 47.8 Å². The van der Waals surface area contributed by atoms with Crippen LogP contribution in [0.25, 0.3) is 11.3 Å². The maximum Gasteiger partial charge on any atom is 0.420 e. The Morgan fingerprint density at radius 3 is 2.76 bits per heavy atom. The molecule has 2 saturated heterocycles. The van der Waals surface area contributed by atoms with E-state index in [2.05, 4.69) is 10.4 Å². The summed E-state index contributed by atoms with van der Waals surface area (Å²) < 4.78 is 66.6. The van der Waals surface area contributed by atoms with Gasteiger partial charge in [0, 0.05) is 19.2 Å². The third-order valence-electron chi connectivity index (χ3n) is 6.49. The SMILES string of the molecule is CC1(C)CC[C@H](CNC(=O)c2oc3c(c2C(F)(F)F)-c2nn(C[C@H]4COCCO4)cc2CC3)O1. The Morgan fingerprint density at radius 1 is 1.26 bits per heavy atom. The molecule has 34 heavy (non-hydrogen) atoms. The molecule has 0 radical (unpaired) electrons. The van der Waals surface area contributed by atoms with Crippen LogP contribution in [0.5, 0.6) is 0 Å². The van der Waals surface area contributed by atoms with Gasteiger partial charge in [0.1, 0.15) is 17.4 Å². The molecule has 11 heteroatoms. The Labute approximate surface area is 194 Å². The van der Waals surface area contributed by atoms with E-state index in [1.54, 1.807) is 10.9 Å². The summed E-state index contributed by atoms with van der Waals surface area (Å²) in [5.74, 6) is -1.49. The van der Waals surface area contributed by atoms with Gasteiger partial charge < -0.3 is 23.9 Å². The van der Waals surface area contributed by atoms with E-state index in [4.69, 9.17) is 18.6 Å². The highest BCUT2D eigenvalue weighted by molar-refractivity contribution is 5.96. The lowest BCUT2D eigenvalue weighted by Gasteiger charge is -2.22. The minimum atomic E-state index is -4.78. The summed E-state index contributed by atoms with van der Waals surface area (Å²) in [6.45, 7) is 5.78.